The van der Waals surface area contributed by atoms with Gasteiger partial charge in [0.05, 0.1) is 28.9 Å². The van der Waals surface area contributed by atoms with Gasteiger partial charge in [-0.25, -0.2) is 8.42 Å². The molecule has 0 spiro atoms. The molecule has 180 valence electrons. The molecule has 0 radical (unpaired) electrons. The minimum absolute atomic E-state index is 0.156. The summed E-state index contributed by atoms with van der Waals surface area (Å²) in [5.74, 6) is -0.400. The number of ether oxygens (including phenoxy) is 1. The van der Waals surface area contributed by atoms with Crippen LogP contribution in [0.2, 0.25) is 0 Å². The lowest BCUT2D eigenvalue weighted by Crippen LogP contribution is -2.38. The topological polar surface area (TPSA) is 75.7 Å². The van der Waals surface area contributed by atoms with E-state index in [0.29, 0.717) is 21.8 Å². The molecule has 1 N–H and O–H groups in total. The van der Waals surface area contributed by atoms with Gasteiger partial charge in [-0.05, 0) is 61.9 Å². The monoisotopic (exact) mass is 492 g/mol. The molecule has 0 saturated carbocycles. The van der Waals surface area contributed by atoms with Crippen LogP contribution in [0.5, 0.6) is 5.75 Å². The molecule has 3 rings (SSSR count). The predicted octanol–water partition coefficient (Wildman–Crippen LogP) is 5.16. The number of halogens is 3. The molecule has 10 heteroatoms. The van der Waals surface area contributed by atoms with Gasteiger partial charge in [0.15, 0.2) is 0 Å². The van der Waals surface area contributed by atoms with E-state index < -0.39 is 34.2 Å². The Kier molecular flexibility index (Phi) is 7.21. The van der Waals surface area contributed by atoms with Crippen LogP contribution >= 0.6 is 0 Å². The van der Waals surface area contributed by atoms with Gasteiger partial charge in [0.25, 0.3) is 10.0 Å². The lowest BCUT2D eigenvalue weighted by Gasteiger charge is -2.25. The Morgan fingerprint density at radius 1 is 0.971 bits per heavy atom. The molecule has 0 aliphatic rings. The number of hydrogen-bond acceptors (Lipinski definition) is 4. The molecule has 6 nitrogen and oxygen atoms in total. The number of nitrogens with zero attached hydrogens (tertiary/aromatic N) is 1. The van der Waals surface area contributed by atoms with Crippen molar-refractivity contribution in [2.45, 2.75) is 24.9 Å². The summed E-state index contributed by atoms with van der Waals surface area (Å²) in [7, 11) is -2.96. The van der Waals surface area contributed by atoms with E-state index in [1.54, 1.807) is 44.2 Å². The van der Waals surface area contributed by atoms with Crippen molar-refractivity contribution in [1.29, 1.82) is 0 Å². The van der Waals surface area contributed by atoms with Gasteiger partial charge in [-0.3, -0.25) is 9.10 Å². The van der Waals surface area contributed by atoms with Crippen LogP contribution in [0, 0.1) is 13.8 Å². The number of amides is 1. The van der Waals surface area contributed by atoms with Gasteiger partial charge in [0.2, 0.25) is 5.91 Å². The Morgan fingerprint density at radius 2 is 1.62 bits per heavy atom. The average molecular weight is 493 g/mol. The molecular formula is C24H23F3N2O4S. The maximum Gasteiger partial charge on any atom is 0.416 e. The SMILES string of the molecule is COc1ccc(C)cc1NC(=O)CN(c1cccc(C(F)(F)F)c1)S(=O)(=O)c1ccc(C)cc1. The largest absolute Gasteiger partial charge is 0.495 e. The number of sulfonamides is 1. The number of nitrogens with one attached hydrogen (secondary N) is 1. The second-order valence-electron chi connectivity index (χ2n) is 7.62. The number of rotatable bonds is 7. The second kappa shape index (κ2) is 9.76. The molecule has 0 heterocycles. The van der Waals surface area contributed by atoms with E-state index in [1.807, 2.05) is 0 Å². The number of carbonyl (C=O) groups is 1. The zero-order chi connectivity index (χ0) is 25.1. The Bertz CT molecular complexity index is 1290. The highest BCUT2D eigenvalue weighted by atomic mass is 32.2. The third kappa shape index (κ3) is 5.69. The first-order chi connectivity index (χ1) is 15.9. The molecule has 0 atom stereocenters. The van der Waals surface area contributed by atoms with E-state index in [0.717, 1.165) is 23.3 Å². The summed E-state index contributed by atoms with van der Waals surface area (Å²) in [5.41, 5.74) is 0.604. The van der Waals surface area contributed by atoms with Gasteiger partial charge in [0.1, 0.15) is 12.3 Å². The zero-order valence-corrected chi connectivity index (χ0v) is 19.5. The summed E-state index contributed by atoms with van der Waals surface area (Å²) in [4.78, 5) is 12.7. The van der Waals surface area contributed by atoms with Crippen LogP contribution in [0.3, 0.4) is 0 Å². The van der Waals surface area contributed by atoms with Gasteiger partial charge in [-0.1, -0.05) is 29.8 Å². The van der Waals surface area contributed by atoms with Crippen molar-refractivity contribution >= 4 is 27.3 Å². The number of hydrogen-bond donors (Lipinski definition) is 1. The number of benzene rings is 3. The zero-order valence-electron chi connectivity index (χ0n) is 18.7. The molecule has 0 fully saturated rings. The Balaban J connectivity index is 2.03. The van der Waals surface area contributed by atoms with Crippen LogP contribution in [0.25, 0.3) is 0 Å². The second-order valence-corrected chi connectivity index (χ2v) is 9.49. The fourth-order valence-electron chi connectivity index (χ4n) is 3.23. The van der Waals surface area contributed by atoms with Crippen molar-refractivity contribution in [2.24, 2.45) is 0 Å². The first-order valence-corrected chi connectivity index (χ1v) is 11.6. The molecule has 3 aromatic rings. The highest BCUT2D eigenvalue weighted by Gasteiger charge is 2.33. The van der Waals surface area contributed by atoms with E-state index in [9.17, 15) is 26.4 Å². The van der Waals surface area contributed by atoms with Crippen LogP contribution in [-0.2, 0) is 21.0 Å². The Hall–Kier alpha value is -3.53. The molecule has 0 unspecified atom stereocenters. The van der Waals surface area contributed by atoms with Crippen molar-refractivity contribution in [1.82, 2.24) is 0 Å². The maximum atomic E-state index is 13.4. The van der Waals surface area contributed by atoms with Crippen molar-refractivity contribution in [2.75, 3.05) is 23.3 Å². The van der Waals surface area contributed by atoms with Gasteiger partial charge >= 0.3 is 6.18 Å². The summed E-state index contributed by atoms with van der Waals surface area (Å²) >= 11 is 0. The van der Waals surface area contributed by atoms with Gasteiger partial charge in [-0.2, -0.15) is 13.2 Å². The number of carbonyl (C=O) groups excluding carboxylic acids is 1. The predicted molar refractivity (Wildman–Crippen MR) is 124 cm³/mol. The van der Waals surface area contributed by atoms with Crippen molar-refractivity contribution < 1.29 is 31.1 Å². The average Bonchev–Trinajstić information content (AvgIpc) is 2.77. The molecule has 3 aromatic carbocycles. The fourth-order valence-corrected chi connectivity index (χ4v) is 4.64. The van der Waals surface area contributed by atoms with E-state index >= 15 is 0 Å². The normalized spacial score (nSPS) is 11.7. The van der Waals surface area contributed by atoms with E-state index in [2.05, 4.69) is 5.32 Å². The summed E-state index contributed by atoms with van der Waals surface area (Å²) in [6.45, 7) is 2.81. The Morgan fingerprint density at radius 3 is 2.24 bits per heavy atom. The van der Waals surface area contributed by atoms with E-state index in [1.165, 1.54) is 25.3 Å². The van der Waals surface area contributed by atoms with E-state index in [4.69, 9.17) is 4.74 Å². The molecule has 1 amide bonds. The molecule has 34 heavy (non-hydrogen) atoms. The van der Waals surface area contributed by atoms with Crippen LogP contribution in [-0.4, -0.2) is 28.0 Å². The molecule has 0 bridgehead atoms. The summed E-state index contributed by atoms with van der Waals surface area (Å²) in [5, 5.41) is 2.59. The number of anilines is 2. The Labute approximate surface area is 196 Å². The smallest absolute Gasteiger partial charge is 0.416 e. The highest BCUT2D eigenvalue weighted by Crippen LogP contribution is 2.33. The summed E-state index contributed by atoms with van der Waals surface area (Å²) in [6, 6.07) is 14.7. The summed E-state index contributed by atoms with van der Waals surface area (Å²) in [6.07, 6.45) is -4.69. The highest BCUT2D eigenvalue weighted by molar-refractivity contribution is 7.92. The first-order valence-electron chi connectivity index (χ1n) is 10.1. The van der Waals surface area contributed by atoms with Crippen LogP contribution in [0.4, 0.5) is 24.5 Å². The molecule has 0 aliphatic heterocycles. The molecule has 0 aliphatic carbocycles. The van der Waals surface area contributed by atoms with Gasteiger partial charge in [-0.15, -0.1) is 0 Å². The van der Waals surface area contributed by atoms with Crippen LogP contribution in [0.1, 0.15) is 16.7 Å². The third-order valence-electron chi connectivity index (χ3n) is 4.99. The lowest BCUT2D eigenvalue weighted by atomic mass is 10.2. The molecule has 0 saturated heterocycles. The van der Waals surface area contributed by atoms with Crippen molar-refractivity contribution in [3.63, 3.8) is 0 Å². The summed E-state index contributed by atoms with van der Waals surface area (Å²) < 4.78 is 72.6. The minimum Gasteiger partial charge on any atom is -0.495 e. The number of alkyl halides is 3. The van der Waals surface area contributed by atoms with Crippen LogP contribution in [0.15, 0.2) is 71.6 Å². The maximum absolute atomic E-state index is 13.4. The standard InChI is InChI=1S/C24H23F3N2O4S/c1-16-7-10-20(11-8-16)34(31,32)29(19-6-4-5-18(14-19)24(25,26)27)15-23(30)28-21-13-17(2)9-12-22(21)33-3/h4-14H,15H2,1-3H3,(H,28,30). The number of methoxy groups -OCH3 is 1. The quantitative estimate of drug-likeness (QED) is 0.494. The first kappa shape index (κ1) is 25.1. The van der Waals surface area contributed by atoms with Crippen molar-refractivity contribution in [3.05, 3.63) is 83.4 Å². The van der Waals surface area contributed by atoms with Gasteiger partial charge in [0, 0.05) is 0 Å². The van der Waals surface area contributed by atoms with Crippen molar-refractivity contribution in [3.8, 4) is 5.75 Å². The van der Waals surface area contributed by atoms with Crippen LogP contribution < -0.4 is 14.4 Å². The lowest BCUT2D eigenvalue weighted by molar-refractivity contribution is -0.137. The molecular weight excluding hydrogens is 469 g/mol. The van der Waals surface area contributed by atoms with E-state index in [-0.39, 0.29) is 10.6 Å². The fraction of sp³-hybridized carbons (Fsp3) is 0.208. The molecule has 0 aromatic heterocycles. The third-order valence-corrected chi connectivity index (χ3v) is 6.77. The van der Waals surface area contributed by atoms with Gasteiger partial charge < -0.3 is 10.1 Å². The minimum atomic E-state index is -4.69. The number of aryl methyl sites for hydroxylation is 2.